The van der Waals surface area contributed by atoms with Crippen LogP contribution in [0.2, 0.25) is 0 Å². The predicted molar refractivity (Wildman–Crippen MR) is 75.4 cm³/mol. The Balaban J connectivity index is 2.27. The average molecular weight is 289 g/mol. The van der Waals surface area contributed by atoms with Crippen LogP contribution in [0.3, 0.4) is 0 Å². The largest absolute Gasteiger partial charge is 0.293 e. The molecule has 0 fully saturated rings. The Morgan fingerprint density at radius 3 is 2.81 bits per heavy atom. The molecule has 2 rings (SSSR count). The van der Waals surface area contributed by atoms with Crippen molar-refractivity contribution in [3.8, 4) is 0 Å². The van der Waals surface area contributed by atoms with Crippen LogP contribution in [0.4, 0.5) is 4.39 Å². The second-order valence-corrected chi connectivity index (χ2v) is 5.42. The van der Waals surface area contributed by atoms with Gasteiger partial charge < -0.3 is 0 Å². The minimum absolute atomic E-state index is 0.0585. The lowest BCUT2D eigenvalue weighted by atomic mass is 9.84. The Kier molecular flexibility index (Phi) is 4.04. The first-order valence-electron chi connectivity index (χ1n) is 6.50. The van der Waals surface area contributed by atoms with Crippen LogP contribution in [0, 0.1) is 11.2 Å². The molecule has 2 N–H and O–H groups in total. The molecule has 1 aliphatic carbocycles. The lowest BCUT2D eigenvalue weighted by Crippen LogP contribution is -2.21. The molecule has 0 aromatic heterocycles. The minimum Gasteiger partial charge on any atom is -0.293 e. The average Bonchev–Trinajstić information content (AvgIpc) is 2.67. The number of nitrogens with one attached hydrogen (secondary N) is 1. The molecule has 0 saturated heterocycles. The fourth-order valence-electron chi connectivity index (χ4n) is 2.63. The van der Waals surface area contributed by atoms with Crippen LogP contribution in [0.25, 0.3) is 0 Å². The van der Waals surface area contributed by atoms with E-state index in [1.807, 2.05) is 0 Å². The second-order valence-electron chi connectivity index (χ2n) is 5.42. The Morgan fingerprint density at radius 2 is 2.14 bits per heavy atom. The van der Waals surface area contributed by atoms with E-state index in [0.717, 1.165) is 0 Å². The maximum Gasteiger partial charge on any atom is 0.267 e. The molecule has 1 aliphatic rings. The molecule has 1 amide bonds. The fourth-order valence-corrected chi connectivity index (χ4v) is 2.63. The van der Waals surface area contributed by atoms with E-state index < -0.39 is 11.3 Å². The number of hydroxylamine groups is 1. The molecule has 110 valence electrons. The van der Waals surface area contributed by atoms with E-state index in [1.54, 1.807) is 19.9 Å². The van der Waals surface area contributed by atoms with Gasteiger partial charge in [0.05, 0.1) is 5.41 Å². The fraction of sp³-hybridized carbons (Fsp3) is 0.250. The van der Waals surface area contributed by atoms with Crippen molar-refractivity contribution in [1.29, 1.82) is 0 Å². The molecule has 1 atom stereocenters. The molecule has 0 aliphatic heterocycles. The molecule has 0 saturated carbocycles. The first-order valence-corrected chi connectivity index (χ1v) is 6.50. The summed E-state index contributed by atoms with van der Waals surface area (Å²) in [7, 11) is 0. The van der Waals surface area contributed by atoms with Gasteiger partial charge in [-0.1, -0.05) is 17.7 Å². The van der Waals surface area contributed by atoms with Crippen LogP contribution in [-0.4, -0.2) is 16.9 Å². The monoisotopic (exact) mass is 289 g/mol. The quantitative estimate of drug-likeness (QED) is 0.389. The van der Waals surface area contributed by atoms with E-state index in [4.69, 9.17) is 5.21 Å². The molecule has 1 aromatic carbocycles. The van der Waals surface area contributed by atoms with Crippen molar-refractivity contribution in [2.75, 3.05) is 0 Å². The van der Waals surface area contributed by atoms with Crippen LogP contribution >= 0.6 is 0 Å². The maximum absolute atomic E-state index is 13.2. The molecular weight excluding hydrogens is 273 g/mol. The highest BCUT2D eigenvalue weighted by Crippen LogP contribution is 2.38. The molecule has 0 bridgehead atoms. The zero-order valence-electron chi connectivity index (χ0n) is 11.8. The highest BCUT2D eigenvalue weighted by Gasteiger charge is 2.39. The van der Waals surface area contributed by atoms with Crippen LogP contribution in [0.1, 0.15) is 29.8 Å². The van der Waals surface area contributed by atoms with E-state index >= 15 is 0 Å². The molecule has 1 aromatic rings. The summed E-state index contributed by atoms with van der Waals surface area (Å²) in [6.45, 7) is 3.54. The highest BCUT2D eigenvalue weighted by atomic mass is 19.1. The third-order valence-electron chi connectivity index (χ3n) is 3.54. The lowest BCUT2D eigenvalue weighted by Gasteiger charge is -2.17. The van der Waals surface area contributed by atoms with Crippen molar-refractivity contribution in [2.24, 2.45) is 5.41 Å². The van der Waals surface area contributed by atoms with Gasteiger partial charge in [-0.15, -0.1) is 0 Å². The smallest absolute Gasteiger partial charge is 0.267 e. The Labute approximate surface area is 121 Å². The number of carbonyl (C=O) groups is 2. The predicted octanol–water partition coefficient (Wildman–Crippen LogP) is 2.58. The summed E-state index contributed by atoms with van der Waals surface area (Å²) in [5.41, 5.74) is 2.69. The van der Waals surface area contributed by atoms with Crippen LogP contribution in [-0.2, 0) is 11.2 Å². The number of carbonyl (C=O) groups excluding carboxylic acids is 2. The van der Waals surface area contributed by atoms with E-state index in [-0.39, 0.29) is 11.6 Å². The summed E-state index contributed by atoms with van der Waals surface area (Å²) in [5.74, 6) is -1.06. The van der Waals surface area contributed by atoms with Crippen molar-refractivity contribution in [2.45, 2.75) is 20.3 Å². The first kappa shape index (κ1) is 15.1. The number of benzene rings is 1. The summed E-state index contributed by atoms with van der Waals surface area (Å²) < 4.78 is 13.2. The van der Waals surface area contributed by atoms with E-state index in [9.17, 15) is 14.0 Å². The standard InChI is InChI=1S/C16H16FNO3/c1-10(3-6-14(19)18-21)8-16(2)9-11-7-12(17)4-5-13(11)15(16)20/h3-8,21H,9H2,1-2H3,(H,18,19)/b6-3+,10-8+. The van der Waals surface area contributed by atoms with Crippen molar-refractivity contribution in [3.05, 3.63) is 58.9 Å². The molecule has 0 radical (unpaired) electrons. The van der Waals surface area contributed by atoms with Crippen molar-refractivity contribution in [1.82, 2.24) is 5.48 Å². The number of ketones is 1. The van der Waals surface area contributed by atoms with Gasteiger partial charge in [0.2, 0.25) is 0 Å². The van der Waals surface area contributed by atoms with Crippen LogP contribution in [0.15, 0.2) is 42.0 Å². The summed E-state index contributed by atoms with van der Waals surface area (Å²) in [4.78, 5) is 23.4. The number of hydrogen-bond donors (Lipinski definition) is 2. The van der Waals surface area contributed by atoms with E-state index in [0.29, 0.717) is 23.1 Å². The van der Waals surface area contributed by atoms with E-state index in [1.165, 1.54) is 35.8 Å². The van der Waals surface area contributed by atoms with Crippen LogP contribution in [0.5, 0.6) is 0 Å². The van der Waals surface area contributed by atoms with Gasteiger partial charge in [-0.05, 0) is 44.0 Å². The highest BCUT2D eigenvalue weighted by molar-refractivity contribution is 6.06. The molecule has 4 nitrogen and oxygen atoms in total. The van der Waals surface area contributed by atoms with Crippen molar-refractivity contribution in [3.63, 3.8) is 0 Å². The van der Waals surface area contributed by atoms with Gasteiger partial charge in [0.25, 0.3) is 5.91 Å². The zero-order valence-corrected chi connectivity index (χ0v) is 11.8. The Hall–Kier alpha value is -2.27. The summed E-state index contributed by atoms with van der Waals surface area (Å²) in [6.07, 6.45) is 4.86. The third kappa shape index (κ3) is 3.08. The SMILES string of the molecule is CC(/C=C/C(=O)NO)=C\C1(C)Cc2cc(F)ccc2C1=O. The Bertz CT molecular complexity index is 663. The minimum atomic E-state index is -0.750. The number of allylic oxidation sites excluding steroid dienone is 3. The summed E-state index contributed by atoms with van der Waals surface area (Å²) in [5, 5.41) is 8.41. The van der Waals surface area contributed by atoms with Gasteiger partial charge in [-0.3, -0.25) is 14.8 Å². The van der Waals surface area contributed by atoms with Gasteiger partial charge in [-0.25, -0.2) is 9.87 Å². The number of amides is 1. The Morgan fingerprint density at radius 1 is 1.43 bits per heavy atom. The normalized spacial score (nSPS) is 21.7. The first-order chi connectivity index (χ1) is 9.85. The third-order valence-corrected chi connectivity index (χ3v) is 3.54. The second kappa shape index (κ2) is 5.61. The van der Waals surface area contributed by atoms with Crippen molar-refractivity contribution >= 4 is 11.7 Å². The number of Topliss-reactive ketones (excluding diaryl/α,β-unsaturated/α-hetero) is 1. The molecule has 0 heterocycles. The number of hydrogen-bond acceptors (Lipinski definition) is 3. The lowest BCUT2D eigenvalue weighted by molar-refractivity contribution is -0.124. The number of fused-ring (bicyclic) bond motifs is 1. The van der Waals surface area contributed by atoms with Gasteiger partial charge in [-0.2, -0.15) is 0 Å². The zero-order chi connectivity index (χ0) is 15.6. The maximum atomic E-state index is 13.2. The molecule has 1 unspecified atom stereocenters. The topological polar surface area (TPSA) is 66.4 Å². The summed E-state index contributed by atoms with van der Waals surface area (Å²) >= 11 is 0. The van der Waals surface area contributed by atoms with Gasteiger partial charge in [0.1, 0.15) is 5.82 Å². The number of rotatable bonds is 3. The van der Waals surface area contributed by atoms with Crippen molar-refractivity contribution < 1.29 is 19.2 Å². The molecule has 5 heteroatoms. The molecule has 21 heavy (non-hydrogen) atoms. The number of halogens is 1. The van der Waals surface area contributed by atoms with Gasteiger partial charge >= 0.3 is 0 Å². The van der Waals surface area contributed by atoms with Gasteiger partial charge in [0.15, 0.2) is 5.78 Å². The molecular formula is C16H16FNO3. The summed E-state index contributed by atoms with van der Waals surface area (Å²) in [6, 6.07) is 4.18. The van der Waals surface area contributed by atoms with E-state index in [2.05, 4.69) is 0 Å². The van der Waals surface area contributed by atoms with Crippen LogP contribution < -0.4 is 5.48 Å². The van der Waals surface area contributed by atoms with Gasteiger partial charge in [0, 0.05) is 11.6 Å². The molecule has 0 spiro atoms.